The maximum absolute atomic E-state index is 10.3. The molecule has 0 radical (unpaired) electrons. The molecule has 1 aromatic rings. The summed E-state index contributed by atoms with van der Waals surface area (Å²) in [6, 6.07) is 3.35. The molecule has 2 N–H and O–H groups in total. The highest BCUT2D eigenvalue weighted by Crippen LogP contribution is 2.05. The second-order valence-corrected chi connectivity index (χ2v) is 9.11. The predicted octanol–water partition coefficient (Wildman–Crippen LogP) is 2.40. The molecule has 1 aromatic heterocycles. The molecule has 0 atom stereocenters. The van der Waals surface area contributed by atoms with Gasteiger partial charge in [0.2, 0.25) is 0 Å². The highest BCUT2D eigenvalue weighted by atomic mass is 28.3. The average Bonchev–Trinajstić information content (AvgIpc) is 2.14. The Kier molecular flexibility index (Phi) is 3.69. The molecular weight excluding hydrogens is 220 g/mol. The minimum Gasteiger partial charge on any atom is -0.465 e. The number of pyridine rings is 1. The number of rotatable bonds is 1. The molecule has 0 saturated carbocycles. The van der Waals surface area contributed by atoms with Crippen LogP contribution in [0, 0.1) is 11.5 Å². The second-order valence-electron chi connectivity index (χ2n) is 4.36. The third-order valence-electron chi connectivity index (χ3n) is 1.58. The fourth-order valence-electron chi connectivity index (χ4n) is 0.917. The van der Waals surface area contributed by atoms with Crippen molar-refractivity contribution >= 4 is 19.9 Å². The number of hydrogen-bond acceptors (Lipinski definition) is 2. The van der Waals surface area contributed by atoms with E-state index in [-0.39, 0.29) is 0 Å². The zero-order valence-electron chi connectivity index (χ0n) is 9.53. The van der Waals surface area contributed by atoms with Crippen LogP contribution in [0.1, 0.15) is 5.69 Å². The number of anilines is 1. The summed E-state index contributed by atoms with van der Waals surface area (Å²) in [5.74, 6) is 2.99. The van der Waals surface area contributed by atoms with Crippen LogP contribution >= 0.6 is 0 Å². The van der Waals surface area contributed by atoms with Crippen molar-refractivity contribution in [2.75, 3.05) is 5.32 Å². The van der Waals surface area contributed by atoms with Crippen LogP contribution in [0.5, 0.6) is 0 Å². The van der Waals surface area contributed by atoms with Gasteiger partial charge in [-0.05, 0) is 12.1 Å². The largest absolute Gasteiger partial charge is 0.465 e. The molecule has 0 aromatic carbocycles. The molecule has 1 rings (SSSR count). The molecule has 0 spiro atoms. The monoisotopic (exact) mass is 234 g/mol. The number of carboxylic acid groups (broad SMARTS) is 1. The Hall–Kier alpha value is -1.80. The van der Waals surface area contributed by atoms with Gasteiger partial charge in [-0.2, -0.15) is 0 Å². The first-order valence-electron chi connectivity index (χ1n) is 4.86. The maximum Gasteiger partial charge on any atom is 0.409 e. The van der Waals surface area contributed by atoms with Crippen LogP contribution in [0.15, 0.2) is 18.3 Å². The van der Waals surface area contributed by atoms with Crippen LogP contribution in [0.3, 0.4) is 0 Å². The molecule has 4 nitrogen and oxygen atoms in total. The maximum atomic E-state index is 10.3. The number of hydrogen-bond donors (Lipinski definition) is 2. The van der Waals surface area contributed by atoms with Gasteiger partial charge in [0, 0.05) is 0 Å². The van der Waals surface area contributed by atoms with E-state index >= 15 is 0 Å². The number of nitrogens with one attached hydrogen (secondary N) is 1. The fourth-order valence-corrected chi connectivity index (χ4v) is 1.42. The van der Waals surface area contributed by atoms with Crippen molar-refractivity contribution in [1.82, 2.24) is 4.98 Å². The molecule has 5 heteroatoms. The second kappa shape index (κ2) is 4.81. The molecule has 0 unspecified atom stereocenters. The lowest BCUT2D eigenvalue weighted by atomic mass is 10.3. The SMILES string of the molecule is C[Si](C)(C)C#Cc1ccc(NC(=O)O)cn1. The third kappa shape index (κ3) is 4.62. The van der Waals surface area contributed by atoms with Crippen LogP contribution in [-0.2, 0) is 0 Å². The summed E-state index contributed by atoms with van der Waals surface area (Å²) in [5, 5.41) is 10.7. The van der Waals surface area contributed by atoms with E-state index in [9.17, 15) is 4.79 Å². The van der Waals surface area contributed by atoms with Crippen LogP contribution in [0.25, 0.3) is 0 Å². The van der Waals surface area contributed by atoms with Gasteiger partial charge in [0.1, 0.15) is 13.8 Å². The summed E-state index contributed by atoms with van der Waals surface area (Å²) < 4.78 is 0. The number of aromatic nitrogens is 1. The van der Waals surface area contributed by atoms with E-state index in [1.54, 1.807) is 12.1 Å². The molecule has 0 aliphatic heterocycles. The summed E-state index contributed by atoms with van der Waals surface area (Å²) >= 11 is 0. The van der Waals surface area contributed by atoms with E-state index in [2.05, 4.69) is 41.4 Å². The summed E-state index contributed by atoms with van der Waals surface area (Å²) in [6.45, 7) is 6.46. The number of carbonyl (C=O) groups is 1. The fraction of sp³-hybridized carbons (Fsp3) is 0.273. The molecule has 84 valence electrons. The molecule has 0 bridgehead atoms. The van der Waals surface area contributed by atoms with Crippen molar-refractivity contribution in [1.29, 1.82) is 0 Å². The van der Waals surface area contributed by atoms with E-state index in [0.29, 0.717) is 11.4 Å². The minimum atomic E-state index is -1.39. The Balaban J connectivity index is 2.78. The van der Waals surface area contributed by atoms with Gasteiger partial charge in [-0.1, -0.05) is 25.6 Å². The minimum absolute atomic E-state index is 0.450. The molecule has 0 aliphatic rings. The van der Waals surface area contributed by atoms with E-state index in [1.165, 1.54) is 6.20 Å². The van der Waals surface area contributed by atoms with Gasteiger partial charge < -0.3 is 5.11 Å². The molecule has 0 saturated heterocycles. The predicted molar refractivity (Wildman–Crippen MR) is 66.1 cm³/mol. The van der Waals surface area contributed by atoms with Crippen molar-refractivity contribution in [3.8, 4) is 11.5 Å². The zero-order valence-corrected chi connectivity index (χ0v) is 10.5. The summed E-state index contributed by atoms with van der Waals surface area (Å²) in [7, 11) is -1.39. The normalized spacial score (nSPS) is 10.2. The van der Waals surface area contributed by atoms with Gasteiger partial charge in [0.25, 0.3) is 0 Å². The van der Waals surface area contributed by atoms with E-state index in [4.69, 9.17) is 5.11 Å². The van der Waals surface area contributed by atoms with Gasteiger partial charge in [0.15, 0.2) is 0 Å². The highest BCUT2D eigenvalue weighted by Gasteiger charge is 2.07. The lowest BCUT2D eigenvalue weighted by Crippen LogP contribution is -2.16. The smallest absolute Gasteiger partial charge is 0.409 e. The highest BCUT2D eigenvalue weighted by molar-refractivity contribution is 6.83. The van der Waals surface area contributed by atoms with Crippen LogP contribution in [-0.4, -0.2) is 24.3 Å². The average molecular weight is 234 g/mol. The molecule has 0 aliphatic carbocycles. The lowest BCUT2D eigenvalue weighted by molar-refractivity contribution is 0.209. The topological polar surface area (TPSA) is 62.2 Å². The summed E-state index contributed by atoms with van der Waals surface area (Å²) in [6.07, 6.45) is 0.366. The van der Waals surface area contributed by atoms with Gasteiger partial charge in [-0.15, -0.1) is 5.54 Å². The van der Waals surface area contributed by atoms with Crippen molar-refractivity contribution in [2.45, 2.75) is 19.6 Å². The molecule has 1 amide bonds. The molecular formula is C11H14N2O2Si. The number of amides is 1. The van der Waals surface area contributed by atoms with Crippen LogP contribution in [0.4, 0.5) is 10.5 Å². The summed E-state index contributed by atoms with van der Waals surface area (Å²) in [4.78, 5) is 14.4. The number of nitrogens with zero attached hydrogens (tertiary/aromatic N) is 1. The Labute approximate surface area is 95.7 Å². The first kappa shape index (κ1) is 12.3. The van der Waals surface area contributed by atoms with Gasteiger partial charge in [0.05, 0.1) is 11.9 Å². The van der Waals surface area contributed by atoms with Crippen LogP contribution in [0.2, 0.25) is 19.6 Å². The van der Waals surface area contributed by atoms with Gasteiger partial charge in [-0.3, -0.25) is 5.32 Å². The van der Waals surface area contributed by atoms with Crippen molar-refractivity contribution < 1.29 is 9.90 Å². The molecule has 0 fully saturated rings. The van der Waals surface area contributed by atoms with Gasteiger partial charge >= 0.3 is 6.09 Å². The Morgan fingerprint density at radius 3 is 2.56 bits per heavy atom. The first-order chi connectivity index (χ1) is 7.37. The standard InChI is InChI=1S/C11H14N2O2Si/c1-16(2,3)7-6-9-4-5-10(8-12-9)13-11(14)15/h4-5,8,13H,1-3H3,(H,14,15). The van der Waals surface area contributed by atoms with E-state index in [1.807, 2.05) is 0 Å². The third-order valence-corrected chi connectivity index (χ3v) is 2.46. The van der Waals surface area contributed by atoms with E-state index < -0.39 is 14.2 Å². The van der Waals surface area contributed by atoms with E-state index in [0.717, 1.165) is 0 Å². The quantitative estimate of drug-likeness (QED) is 0.579. The molecule has 1 heterocycles. The molecule has 16 heavy (non-hydrogen) atoms. The van der Waals surface area contributed by atoms with Crippen molar-refractivity contribution in [3.05, 3.63) is 24.0 Å². The Morgan fingerprint density at radius 1 is 1.44 bits per heavy atom. The Bertz CT molecular complexity index is 438. The summed E-state index contributed by atoms with van der Waals surface area (Å²) in [5.41, 5.74) is 4.30. The first-order valence-corrected chi connectivity index (χ1v) is 8.36. The van der Waals surface area contributed by atoms with Crippen molar-refractivity contribution in [2.24, 2.45) is 0 Å². The Morgan fingerprint density at radius 2 is 2.12 bits per heavy atom. The van der Waals surface area contributed by atoms with Crippen LogP contribution < -0.4 is 5.32 Å². The van der Waals surface area contributed by atoms with Crippen molar-refractivity contribution in [3.63, 3.8) is 0 Å². The lowest BCUT2D eigenvalue weighted by Gasteiger charge is -2.03. The zero-order chi connectivity index (χ0) is 12.2. The van der Waals surface area contributed by atoms with Gasteiger partial charge in [-0.25, -0.2) is 9.78 Å².